The summed E-state index contributed by atoms with van der Waals surface area (Å²) in [6, 6.07) is 6.65. The summed E-state index contributed by atoms with van der Waals surface area (Å²) >= 11 is 0. The van der Waals surface area contributed by atoms with Crippen LogP contribution in [0.3, 0.4) is 0 Å². The molecule has 0 saturated heterocycles. The molecule has 0 amide bonds. The second kappa shape index (κ2) is 6.77. The standard InChI is InChI=1S/C15H25NO/c1-5-15(17-6-2)14(16)10-13-8-7-11(3)12(4)9-13/h7-9,14-15H,5-6,10,16H2,1-4H3. The lowest BCUT2D eigenvalue weighted by Gasteiger charge is -2.22. The molecule has 17 heavy (non-hydrogen) atoms. The van der Waals surface area contributed by atoms with Crippen LogP contribution in [0.25, 0.3) is 0 Å². The fraction of sp³-hybridized carbons (Fsp3) is 0.600. The van der Waals surface area contributed by atoms with E-state index in [-0.39, 0.29) is 12.1 Å². The van der Waals surface area contributed by atoms with Crippen LogP contribution in [-0.4, -0.2) is 18.8 Å². The first-order valence-corrected chi connectivity index (χ1v) is 6.51. The Bertz CT molecular complexity index is 349. The highest BCUT2D eigenvalue weighted by atomic mass is 16.5. The summed E-state index contributed by atoms with van der Waals surface area (Å²) in [7, 11) is 0. The number of ether oxygens (including phenoxy) is 1. The maximum absolute atomic E-state index is 6.21. The lowest BCUT2D eigenvalue weighted by molar-refractivity contribution is 0.0417. The summed E-state index contributed by atoms with van der Waals surface area (Å²) in [5.74, 6) is 0. The molecule has 2 nitrogen and oxygen atoms in total. The second-order valence-corrected chi connectivity index (χ2v) is 4.69. The molecule has 0 heterocycles. The molecule has 1 rings (SSSR count). The Morgan fingerprint density at radius 3 is 2.41 bits per heavy atom. The zero-order valence-electron chi connectivity index (χ0n) is 11.5. The van der Waals surface area contributed by atoms with Gasteiger partial charge in [0, 0.05) is 12.6 Å². The molecule has 2 unspecified atom stereocenters. The van der Waals surface area contributed by atoms with Crippen molar-refractivity contribution in [1.29, 1.82) is 0 Å². The maximum Gasteiger partial charge on any atom is 0.0726 e. The molecule has 0 aliphatic carbocycles. The van der Waals surface area contributed by atoms with Crippen LogP contribution in [0.1, 0.15) is 37.0 Å². The Hall–Kier alpha value is -0.860. The van der Waals surface area contributed by atoms with Crippen molar-refractivity contribution in [3.63, 3.8) is 0 Å². The van der Waals surface area contributed by atoms with Gasteiger partial charge in [-0.15, -0.1) is 0 Å². The van der Waals surface area contributed by atoms with Crippen molar-refractivity contribution >= 4 is 0 Å². The molecule has 0 aliphatic rings. The van der Waals surface area contributed by atoms with Gasteiger partial charge in [0.15, 0.2) is 0 Å². The summed E-state index contributed by atoms with van der Waals surface area (Å²) in [4.78, 5) is 0. The van der Waals surface area contributed by atoms with Crippen molar-refractivity contribution in [2.45, 2.75) is 52.7 Å². The van der Waals surface area contributed by atoms with Crippen LogP contribution in [-0.2, 0) is 11.2 Å². The molecule has 2 atom stereocenters. The second-order valence-electron chi connectivity index (χ2n) is 4.69. The van der Waals surface area contributed by atoms with E-state index < -0.39 is 0 Å². The number of rotatable bonds is 6. The first-order chi connectivity index (χ1) is 8.08. The fourth-order valence-electron chi connectivity index (χ4n) is 2.09. The van der Waals surface area contributed by atoms with E-state index in [4.69, 9.17) is 10.5 Å². The largest absolute Gasteiger partial charge is 0.377 e. The summed E-state index contributed by atoms with van der Waals surface area (Å²) < 4.78 is 5.65. The predicted octanol–water partition coefficient (Wildman–Crippen LogP) is 2.99. The van der Waals surface area contributed by atoms with Gasteiger partial charge in [-0.3, -0.25) is 0 Å². The number of benzene rings is 1. The average Bonchev–Trinajstić information content (AvgIpc) is 2.30. The van der Waals surface area contributed by atoms with Crippen LogP contribution < -0.4 is 5.73 Å². The van der Waals surface area contributed by atoms with E-state index in [1.54, 1.807) is 0 Å². The smallest absolute Gasteiger partial charge is 0.0726 e. The number of hydrogen-bond acceptors (Lipinski definition) is 2. The Balaban J connectivity index is 2.66. The third kappa shape index (κ3) is 4.14. The van der Waals surface area contributed by atoms with E-state index in [0.29, 0.717) is 0 Å². The van der Waals surface area contributed by atoms with Crippen molar-refractivity contribution in [3.8, 4) is 0 Å². The molecule has 0 aliphatic heterocycles. The van der Waals surface area contributed by atoms with Crippen molar-refractivity contribution in [3.05, 3.63) is 34.9 Å². The van der Waals surface area contributed by atoms with Crippen molar-refractivity contribution in [2.24, 2.45) is 5.73 Å². The van der Waals surface area contributed by atoms with Crippen LogP contribution in [0.4, 0.5) is 0 Å². The SMILES string of the molecule is CCOC(CC)C(N)Cc1ccc(C)c(C)c1. The van der Waals surface area contributed by atoms with E-state index in [2.05, 4.69) is 39.0 Å². The van der Waals surface area contributed by atoms with Gasteiger partial charge < -0.3 is 10.5 Å². The van der Waals surface area contributed by atoms with Gasteiger partial charge in [-0.25, -0.2) is 0 Å². The van der Waals surface area contributed by atoms with Gasteiger partial charge in [-0.05, 0) is 50.3 Å². The van der Waals surface area contributed by atoms with Gasteiger partial charge in [0.05, 0.1) is 6.10 Å². The Morgan fingerprint density at radius 1 is 1.18 bits per heavy atom. The van der Waals surface area contributed by atoms with Gasteiger partial charge in [-0.2, -0.15) is 0 Å². The molecule has 0 aromatic heterocycles. The zero-order chi connectivity index (χ0) is 12.8. The number of aryl methyl sites for hydroxylation is 2. The van der Waals surface area contributed by atoms with Crippen molar-refractivity contribution in [1.82, 2.24) is 0 Å². The minimum Gasteiger partial charge on any atom is -0.377 e. The van der Waals surface area contributed by atoms with E-state index in [0.717, 1.165) is 19.4 Å². The van der Waals surface area contributed by atoms with Crippen molar-refractivity contribution in [2.75, 3.05) is 6.61 Å². The maximum atomic E-state index is 6.21. The van der Waals surface area contributed by atoms with Crippen LogP contribution in [0.15, 0.2) is 18.2 Å². The van der Waals surface area contributed by atoms with E-state index in [1.165, 1.54) is 16.7 Å². The monoisotopic (exact) mass is 235 g/mol. The van der Waals surface area contributed by atoms with Gasteiger partial charge >= 0.3 is 0 Å². The lowest BCUT2D eigenvalue weighted by atomic mass is 9.97. The first-order valence-electron chi connectivity index (χ1n) is 6.51. The van der Waals surface area contributed by atoms with Gasteiger partial charge in [0.25, 0.3) is 0 Å². The Labute approximate surface area is 105 Å². The van der Waals surface area contributed by atoms with Gasteiger partial charge in [0.2, 0.25) is 0 Å². The molecule has 2 N–H and O–H groups in total. The minimum absolute atomic E-state index is 0.0852. The first kappa shape index (κ1) is 14.2. The summed E-state index contributed by atoms with van der Waals surface area (Å²) in [5, 5.41) is 0. The molecule has 0 spiro atoms. The van der Waals surface area contributed by atoms with Gasteiger partial charge in [-0.1, -0.05) is 25.1 Å². The topological polar surface area (TPSA) is 35.2 Å². The molecular weight excluding hydrogens is 210 g/mol. The summed E-state index contributed by atoms with van der Waals surface area (Å²) in [6.07, 6.45) is 2.03. The summed E-state index contributed by atoms with van der Waals surface area (Å²) in [5.41, 5.74) is 10.2. The van der Waals surface area contributed by atoms with E-state index in [9.17, 15) is 0 Å². The zero-order valence-corrected chi connectivity index (χ0v) is 11.5. The quantitative estimate of drug-likeness (QED) is 0.822. The predicted molar refractivity (Wildman–Crippen MR) is 73.3 cm³/mol. The van der Waals surface area contributed by atoms with Crippen molar-refractivity contribution < 1.29 is 4.74 Å². The molecule has 1 aromatic carbocycles. The molecular formula is C15H25NO. The Kier molecular flexibility index (Phi) is 5.66. The fourth-order valence-corrected chi connectivity index (χ4v) is 2.09. The third-order valence-corrected chi connectivity index (χ3v) is 3.30. The lowest BCUT2D eigenvalue weighted by Crippen LogP contribution is -2.38. The highest BCUT2D eigenvalue weighted by Crippen LogP contribution is 2.14. The average molecular weight is 235 g/mol. The van der Waals surface area contributed by atoms with Gasteiger partial charge in [0.1, 0.15) is 0 Å². The molecule has 0 bridgehead atoms. The van der Waals surface area contributed by atoms with Crippen LogP contribution in [0.2, 0.25) is 0 Å². The highest BCUT2D eigenvalue weighted by molar-refractivity contribution is 5.30. The van der Waals surface area contributed by atoms with E-state index >= 15 is 0 Å². The molecule has 96 valence electrons. The minimum atomic E-state index is 0.0852. The van der Waals surface area contributed by atoms with Crippen LogP contribution >= 0.6 is 0 Å². The molecule has 1 aromatic rings. The molecule has 0 fully saturated rings. The van der Waals surface area contributed by atoms with Crippen LogP contribution in [0, 0.1) is 13.8 Å². The van der Waals surface area contributed by atoms with Crippen LogP contribution in [0.5, 0.6) is 0 Å². The Morgan fingerprint density at radius 2 is 1.88 bits per heavy atom. The highest BCUT2D eigenvalue weighted by Gasteiger charge is 2.16. The van der Waals surface area contributed by atoms with E-state index in [1.807, 2.05) is 6.92 Å². The third-order valence-electron chi connectivity index (χ3n) is 3.30. The molecule has 2 heteroatoms. The normalized spacial score (nSPS) is 14.6. The number of nitrogens with two attached hydrogens (primary N) is 1. The molecule has 0 saturated carbocycles. The molecule has 0 radical (unpaired) electrons. The number of hydrogen-bond donors (Lipinski definition) is 1. The summed E-state index contributed by atoms with van der Waals surface area (Å²) in [6.45, 7) is 9.16.